The normalized spacial score (nSPS) is 10.4. The van der Waals surface area contributed by atoms with Crippen LogP contribution in [0.3, 0.4) is 0 Å². The lowest BCUT2D eigenvalue weighted by atomic mass is 10.0. The van der Waals surface area contributed by atoms with Gasteiger partial charge in [0.15, 0.2) is 11.9 Å². The molecule has 0 aliphatic carbocycles. The molecule has 3 aromatic rings. The van der Waals surface area contributed by atoms with Crippen LogP contribution in [-0.4, -0.2) is 34.9 Å². The van der Waals surface area contributed by atoms with Gasteiger partial charge in [-0.2, -0.15) is 8.42 Å². The number of hydrogen-bond donors (Lipinski definition) is 7. The Morgan fingerprint density at radius 2 is 1.50 bits per heavy atom. The molecule has 0 bridgehead atoms. The number of para-hydroxylation sites is 1. The zero-order valence-corrected chi connectivity index (χ0v) is 20.5. The minimum Gasteiger partial charge on any atom is -0.370 e. The standard InChI is InChI=1S/C13H10N2O3S.C8H18.C2H7N5/c16-19(17,18)13-14-11-8-4-7-10(12(11)15-13)9-5-2-1-3-6-9;1-3-5-7-8-6-4-2;3-1(4)7-2(5)6/h1-8H,(H,14,15)(H,16,17,18);3-8H2,1-2H3;(H7,3,4,5,6,7). The van der Waals surface area contributed by atoms with Crippen molar-refractivity contribution in [1.29, 1.82) is 10.8 Å². The second-order valence-corrected chi connectivity index (χ2v) is 8.79. The van der Waals surface area contributed by atoms with Gasteiger partial charge in [0.2, 0.25) is 0 Å². The molecule has 0 radical (unpaired) electrons. The van der Waals surface area contributed by atoms with Gasteiger partial charge in [-0.05, 0) is 11.6 Å². The van der Waals surface area contributed by atoms with E-state index in [2.05, 4.69) is 23.8 Å². The molecule has 0 atom stereocenters. The highest BCUT2D eigenvalue weighted by Gasteiger charge is 2.17. The fraction of sp³-hybridized carbons (Fsp3) is 0.348. The van der Waals surface area contributed by atoms with E-state index in [1.807, 2.05) is 41.7 Å². The molecule has 0 aliphatic rings. The Hall–Kier alpha value is -3.44. The van der Waals surface area contributed by atoms with Gasteiger partial charge in [0.1, 0.15) is 0 Å². The first kappa shape index (κ1) is 28.6. The molecule has 0 saturated carbocycles. The number of aromatic amines is 1. The van der Waals surface area contributed by atoms with E-state index in [4.69, 9.17) is 26.8 Å². The van der Waals surface area contributed by atoms with E-state index < -0.39 is 15.3 Å². The summed E-state index contributed by atoms with van der Waals surface area (Å²) in [6.07, 6.45) is 8.49. The molecule has 1 heterocycles. The maximum absolute atomic E-state index is 11.1. The molecule has 11 heteroatoms. The second kappa shape index (κ2) is 14.7. The Kier molecular flexibility index (Phi) is 12.3. The highest BCUT2D eigenvalue weighted by atomic mass is 32.2. The van der Waals surface area contributed by atoms with Gasteiger partial charge in [-0.15, -0.1) is 0 Å². The summed E-state index contributed by atoms with van der Waals surface area (Å²) in [6, 6.07) is 14.9. The molecular formula is C23H35N7O3S. The number of nitrogens with one attached hydrogen (secondary N) is 4. The van der Waals surface area contributed by atoms with Gasteiger partial charge in [-0.1, -0.05) is 94.8 Å². The average molecular weight is 490 g/mol. The summed E-state index contributed by atoms with van der Waals surface area (Å²) in [6.45, 7) is 4.51. The third kappa shape index (κ3) is 10.5. The molecule has 1 aromatic heterocycles. The third-order valence-electron chi connectivity index (χ3n) is 4.55. The number of nitrogens with two attached hydrogens (primary N) is 2. The number of aromatic nitrogens is 2. The van der Waals surface area contributed by atoms with Crippen LogP contribution in [0.2, 0.25) is 0 Å². The van der Waals surface area contributed by atoms with Crippen molar-refractivity contribution in [3.63, 3.8) is 0 Å². The number of benzene rings is 2. The fourth-order valence-corrected chi connectivity index (χ4v) is 3.43. The molecule has 0 spiro atoms. The van der Waals surface area contributed by atoms with Crippen LogP contribution in [0.4, 0.5) is 0 Å². The van der Waals surface area contributed by atoms with Crippen molar-refractivity contribution in [2.45, 2.75) is 57.5 Å². The van der Waals surface area contributed by atoms with E-state index >= 15 is 0 Å². The second-order valence-electron chi connectivity index (χ2n) is 7.45. The van der Waals surface area contributed by atoms with E-state index in [9.17, 15) is 8.42 Å². The van der Waals surface area contributed by atoms with Crippen LogP contribution < -0.4 is 16.8 Å². The zero-order chi connectivity index (χ0) is 25.6. The zero-order valence-electron chi connectivity index (χ0n) is 19.6. The Balaban J connectivity index is 0.000000322. The predicted octanol–water partition coefficient (Wildman–Crippen LogP) is 4.21. The van der Waals surface area contributed by atoms with Crippen LogP contribution in [-0.2, 0) is 10.1 Å². The van der Waals surface area contributed by atoms with Crippen molar-refractivity contribution in [2.75, 3.05) is 0 Å². The first-order valence-corrected chi connectivity index (χ1v) is 12.5. The van der Waals surface area contributed by atoms with Crippen LogP contribution in [0.1, 0.15) is 52.4 Å². The summed E-state index contributed by atoms with van der Waals surface area (Å²) in [5.74, 6) is -0.625. The molecule has 0 unspecified atom stereocenters. The van der Waals surface area contributed by atoms with Crippen LogP contribution in [0.25, 0.3) is 22.2 Å². The van der Waals surface area contributed by atoms with E-state index in [0.29, 0.717) is 11.0 Å². The first-order valence-electron chi connectivity index (χ1n) is 11.1. The molecule has 34 heavy (non-hydrogen) atoms. The number of nitrogens with zero attached hydrogens (tertiary/aromatic N) is 1. The minimum absolute atomic E-state index is 0.312. The Morgan fingerprint density at radius 1 is 0.941 bits per heavy atom. The largest absolute Gasteiger partial charge is 0.370 e. The van der Waals surface area contributed by atoms with Crippen molar-refractivity contribution < 1.29 is 13.0 Å². The summed E-state index contributed by atoms with van der Waals surface area (Å²) in [5.41, 5.74) is 12.3. The van der Waals surface area contributed by atoms with Crippen molar-refractivity contribution in [3.05, 3.63) is 48.5 Å². The lowest BCUT2D eigenvalue weighted by molar-refractivity contribution is 0.476. The molecule has 10 nitrogen and oxygen atoms in total. The summed E-state index contributed by atoms with van der Waals surface area (Å²) in [4.78, 5) is 6.56. The van der Waals surface area contributed by atoms with E-state index in [1.165, 1.54) is 38.5 Å². The minimum atomic E-state index is -4.33. The van der Waals surface area contributed by atoms with Crippen molar-refractivity contribution in [1.82, 2.24) is 15.3 Å². The van der Waals surface area contributed by atoms with Gasteiger partial charge in [-0.25, -0.2) is 4.98 Å². The third-order valence-corrected chi connectivity index (χ3v) is 5.23. The van der Waals surface area contributed by atoms with Crippen LogP contribution in [0.15, 0.2) is 53.7 Å². The number of imidazole rings is 1. The topological polar surface area (TPSA) is 195 Å². The molecule has 0 amide bonds. The first-order chi connectivity index (χ1) is 16.1. The number of hydrogen-bond acceptors (Lipinski definition) is 5. The molecule has 9 N–H and O–H groups in total. The highest BCUT2D eigenvalue weighted by molar-refractivity contribution is 7.85. The van der Waals surface area contributed by atoms with E-state index in [0.717, 1.165) is 11.1 Å². The van der Waals surface area contributed by atoms with Crippen LogP contribution >= 0.6 is 0 Å². The van der Waals surface area contributed by atoms with Gasteiger partial charge in [0.05, 0.1) is 11.0 Å². The summed E-state index contributed by atoms with van der Waals surface area (Å²) >= 11 is 0. The van der Waals surface area contributed by atoms with Crippen molar-refractivity contribution in [3.8, 4) is 11.1 Å². The van der Waals surface area contributed by atoms with Gasteiger partial charge in [-0.3, -0.25) is 20.7 Å². The Bertz CT molecular complexity index is 1130. The molecule has 0 saturated heterocycles. The highest BCUT2D eigenvalue weighted by Crippen LogP contribution is 2.27. The van der Waals surface area contributed by atoms with Crippen LogP contribution in [0, 0.1) is 10.8 Å². The van der Waals surface area contributed by atoms with E-state index in [1.54, 1.807) is 12.1 Å². The lowest BCUT2D eigenvalue weighted by Gasteiger charge is -2.01. The number of rotatable bonds is 7. The fourth-order valence-electron chi connectivity index (χ4n) is 2.98. The summed E-state index contributed by atoms with van der Waals surface area (Å²) < 4.78 is 31.3. The van der Waals surface area contributed by atoms with Gasteiger partial charge in [0.25, 0.3) is 5.16 Å². The number of guanidine groups is 2. The average Bonchev–Trinajstić information content (AvgIpc) is 3.23. The monoisotopic (exact) mass is 489 g/mol. The molecule has 0 aliphatic heterocycles. The molecule has 0 fully saturated rings. The van der Waals surface area contributed by atoms with Crippen LogP contribution in [0.5, 0.6) is 0 Å². The summed E-state index contributed by atoms with van der Waals surface area (Å²) in [7, 11) is -4.33. The van der Waals surface area contributed by atoms with Gasteiger partial charge >= 0.3 is 10.1 Å². The van der Waals surface area contributed by atoms with Crippen molar-refractivity contribution >= 4 is 33.1 Å². The maximum atomic E-state index is 11.1. The number of fused-ring (bicyclic) bond motifs is 1. The summed E-state index contributed by atoms with van der Waals surface area (Å²) in [5, 5.41) is 14.5. The molecule has 186 valence electrons. The van der Waals surface area contributed by atoms with E-state index in [-0.39, 0.29) is 11.9 Å². The Morgan fingerprint density at radius 3 is 1.94 bits per heavy atom. The molecule has 3 rings (SSSR count). The number of unbranched alkanes of at least 4 members (excludes halogenated alkanes) is 5. The van der Waals surface area contributed by atoms with Gasteiger partial charge < -0.3 is 16.5 Å². The van der Waals surface area contributed by atoms with Crippen molar-refractivity contribution in [2.24, 2.45) is 11.5 Å². The Labute approximate surface area is 200 Å². The SMILES string of the molecule is CCCCCCCC.N=C(N)NC(=N)N.O=S(=O)(O)c1nc2c(-c3ccccc3)cccc2[nH]1. The lowest BCUT2D eigenvalue weighted by Crippen LogP contribution is -2.39. The smallest absolute Gasteiger partial charge is 0.328 e. The molecule has 2 aromatic carbocycles. The van der Waals surface area contributed by atoms with Gasteiger partial charge in [0, 0.05) is 5.56 Å². The quantitative estimate of drug-likeness (QED) is 0.112. The predicted molar refractivity (Wildman–Crippen MR) is 137 cm³/mol. The number of H-pyrrole nitrogens is 1. The maximum Gasteiger partial charge on any atom is 0.328 e. The molecular weight excluding hydrogens is 454 g/mol.